The summed E-state index contributed by atoms with van der Waals surface area (Å²) < 4.78 is 39.0. The predicted octanol–water partition coefficient (Wildman–Crippen LogP) is 3.90. The molecule has 0 radical (unpaired) electrons. The largest absolute Gasteiger partial charge is 0.497 e. The first-order valence-electron chi connectivity index (χ1n) is 13.8. The molecule has 2 fully saturated rings. The monoisotopic (exact) mass is 565 g/mol. The van der Waals surface area contributed by atoms with Crippen molar-refractivity contribution in [1.82, 2.24) is 19.2 Å². The minimum Gasteiger partial charge on any atom is -0.497 e. The normalized spacial score (nSPS) is 19.6. The molecule has 5 rings (SSSR count). The SMILES string of the molecule is COc1cc(C)c(S(=O)(=O)N(C)CCOc2nccc(N3CCC4(CCN(Cc5ccccc5)C4)C3)n2)c(C)c1. The number of nitrogens with zero attached hydrogens (tertiary/aromatic N) is 5. The van der Waals surface area contributed by atoms with Gasteiger partial charge in [0, 0.05) is 51.4 Å². The first-order chi connectivity index (χ1) is 19.2. The second-order valence-corrected chi connectivity index (χ2v) is 13.1. The van der Waals surface area contributed by atoms with E-state index in [1.165, 1.54) is 16.3 Å². The van der Waals surface area contributed by atoms with Gasteiger partial charge in [-0.25, -0.2) is 13.4 Å². The van der Waals surface area contributed by atoms with Gasteiger partial charge in [0.25, 0.3) is 0 Å². The molecule has 2 aromatic carbocycles. The van der Waals surface area contributed by atoms with Crippen molar-refractivity contribution in [2.45, 2.75) is 38.1 Å². The van der Waals surface area contributed by atoms with Crippen LogP contribution in [0.2, 0.25) is 0 Å². The number of anilines is 1. The maximum Gasteiger partial charge on any atom is 0.318 e. The molecular formula is C30H39N5O4S. The Bertz CT molecular complexity index is 1410. The first kappa shape index (κ1) is 28.3. The summed E-state index contributed by atoms with van der Waals surface area (Å²) in [4.78, 5) is 14.1. The number of likely N-dealkylation sites (tertiary alicyclic amines) is 1. The summed E-state index contributed by atoms with van der Waals surface area (Å²) in [6.07, 6.45) is 4.05. The number of methoxy groups -OCH3 is 1. The number of sulfonamides is 1. The lowest BCUT2D eigenvalue weighted by Gasteiger charge is -2.25. The van der Waals surface area contributed by atoms with E-state index < -0.39 is 10.0 Å². The molecule has 0 saturated carbocycles. The van der Waals surface area contributed by atoms with Crippen molar-refractivity contribution in [1.29, 1.82) is 0 Å². The van der Waals surface area contributed by atoms with E-state index >= 15 is 0 Å². The van der Waals surface area contributed by atoms with Crippen molar-refractivity contribution in [2.24, 2.45) is 5.41 Å². The number of benzene rings is 2. The molecule has 0 N–H and O–H groups in total. The van der Waals surface area contributed by atoms with Crippen LogP contribution in [-0.4, -0.2) is 81.1 Å². The Kier molecular flexibility index (Phi) is 8.30. The number of aryl methyl sites for hydroxylation is 2. The maximum absolute atomic E-state index is 13.3. The molecule has 9 nitrogen and oxygen atoms in total. The van der Waals surface area contributed by atoms with Gasteiger partial charge in [0.15, 0.2) is 0 Å². The zero-order valence-electron chi connectivity index (χ0n) is 23.8. The number of likely N-dealkylation sites (N-methyl/N-ethyl adjacent to an activating group) is 1. The quantitative estimate of drug-likeness (QED) is 0.366. The number of aromatic nitrogens is 2. The molecule has 214 valence electrons. The van der Waals surface area contributed by atoms with Crippen LogP contribution in [0.15, 0.2) is 59.6 Å². The smallest absolute Gasteiger partial charge is 0.318 e. The van der Waals surface area contributed by atoms with Crippen molar-refractivity contribution in [3.05, 3.63) is 71.4 Å². The highest BCUT2D eigenvalue weighted by Gasteiger charge is 2.43. The van der Waals surface area contributed by atoms with E-state index in [9.17, 15) is 8.42 Å². The van der Waals surface area contributed by atoms with E-state index in [0.29, 0.717) is 21.8 Å². The average Bonchev–Trinajstić information content (AvgIpc) is 3.54. The van der Waals surface area contributed by atoms with Gasteiger partial charge >= 0.3 is 6.01 Å². The highest BCUT2D eigenvalue weighted by atomic mass is 32.2. The maximum atomic E-state index is 13.3. The van der Waals surface area contributed by atoms with E-state index in [0.717, 1.165) is 45.0 Å². The van der Waals surface area contributed by atoms with Crippen molar-refractivity contribution >= 4 is 15.8 Å². The van der Waals surface area contributed by atoms with Crippen LogP contribution in [0.3, 0.4) is 0 Å². The third kappa shape index (κ3) is 6.09. The average molecular weight is 566 g/mol. The zero-order valence-corrected chi connectivity index (χ0v) is 24.7. The highest BCUT2D eigenvalue weighted by Crippen LogP contribution is 2.41. The van der Waals surface area contributed by atoms with E-state index in [1.807, 2.05) is 6.07 Å². The lowest BCUT2D eigenvalue weighted by Crippen LogP contribution is -2.32. The second kappa shape index (κ2) is 11.7. The van der Waals surface area contributed by atoms with Crippen molar-refractivity contribution in [2.75, 3.05) is 58.4 Å². The Labute approximate surface area is 237 Å². The molecule has 0 bridgehead atoms. The molecule has 2 aliphatic rings. The Balaban J connectivity index is 1.16. The van der Waals surface area contributed by atoms with Crippen LogP contribution >= 0.6 is 0 Å². The van der Waals surface area contributed by atoms with Crippen LogP contribution < -0.4 is 14.4 Å². The molecule has 40 heavy (non-hydrogen) atoms. The van der Waals surface area contributed by atoms with Crippen LogP contribution in [0.25, 0.3) is 0 Å². The summed E-state index contributed by atoms with van der Waals surface area (Å²) in [7, 11) is -0.563. The summed E-state index contributed by atoms with van der Waals surface area (Å²) in [5.41, 5.74) is 2.94. The summed E-state index contributed by atoms with van der Waals surface area (Å²) in [6, 6.07) is 16.3. The van der Waals surface area contributed by atoms with Crippen LogP contribution in [-0.2, 0) is 16.6 Å². The Morgan fingerprint density at radius 3 is 2.48 bits per heavy atom. The van der Waals surface area contributed by atoms with Gasteiger partial charge in [-0.05, 0) is 68.1 Å². The van der Waals surface area contributed by atoms with Gasteiger partial charge in [0.2, 0.25) is 10.0 Å². The van der Waals surface area contributed by atoms with Gasteiger partial charge in [0.05, 0.1) is 12.0 Å². The standard InChI is InChI=1S/C30H39N5O4S/c1-23-18-26(38-4)19-24(2)28(23)40(36,37)33(3)16-17-39-29-31-13-10-27(32-29)35-15-12-30(22-35)11-14-34(21-30)20-25-8-6-5-7-9-25/h5-10,13,18-19H,11-12,14-17,20-22H2,1-4H3. The van der Waals surface area contributed by atoms with Crippen molar-refractivity contribution < 1.29 is 17.9 Å². The summed E-state index contributed by atoms with van der Waals surface area (Å²) in [5.74, 6) is 1.49. The molecule has 3 heterocycles. The Morgan fingerprint density at radius 1 is 1.02 bits per heavy atom. The molecule has 10 heteroatoms. The van der Waals surface area contributed by atoms with Crippen molar-refractivity contribution in [3.63, 3.8) is 0 Å². The van der Waals surface area contributed by atoms with Gasteiger partial charge in [-0.2, -0.15) is 9.29 Å². The number of rotatable bonds is 10. The second-order valence-electron chi connectivity index (χ2n) is 11.1. The minimum atomic E-state index is -3.69. The van der Waals surface area contributed by atoms with E-state index in [-0.39, 0.29) is 24.6 Å². The van der Waals surface area contributed by atoms with E-state index in [2.05, 4.69) is 50.1 Å². The topological polar surface area (TPSA) is 88.1 Å². The number of ether oxygens (including phenoxy) is 2. The van der Waals surface area contributed by atoms with Gasteiger partial charge in [-0.1, -0.05) is 30.3 Å². The molecule has 1 spiro atoms. The molecule has 0 aliphatic carbocycles. The third-order valence-corrected chi connectivity index (χ3v) is 10.3. The molecular weight excluding hydrogens is 526 g/mol. The summed E-state index contributed by atoms with van der Waals surface area (Å²) >= 11 is 0. The molecule has 1 atom stereocenters. The molecule has 3 aromatic rings. The van der Waals surface area contributed by atoms with Gasteiger partial charge in [0.1, 0.15) is 18.2 Å². The molecule has 2 saturated heterocycles. The molecule has 1 unspecified atom stereocenters. The molecule has 2 aliphatic heterocycles. The third-order valence-electron chi connectivity index (χ3n) is 8.12. The summed E-state index contributed by atoms with van der Waals surface area (Å²) in [5, 5.41) is 0. The van der Waals surface area contributed by atoms with Gasteiger partial charge in [-0.15, -0.1) is 0 Å². The van der Waals surface area contributed by atoms with Gasteiger partial charge in [-0.3, -0.25) is 4.90 Å². The number of hydrogen-bond acceptors (Lipinski definition) is 8. The van der Waals surface area contributed by atoms with Crippen LogP contribution in [0.5, 0.6) is 11.8 Å². The van der Waals surface area contributed by atoms with Crippen molar-refractivity contribution in [3.8, 4) is 11.8 Å². The minimum absolute atomic E-state index is 0.145. The first-order valence-corrected chi connectivity index (χ1v) is 15.2. The Morgan fingerprint density at radius 2 is 1.75 bits per heavy atom. The lowest BCUT2D eigenvalue weighted by molar-refractivity contribution is 0.266. The Hall–Kier alpha value is -3.21. The number of hydrogen-bond donors (Lipinski definition) is 0. The fraction of sp³-hybridized carbons (Fsp3) is 0.467. The van der Waals surface area contributed by atoms with Gasteiger partial charge < -0.3 is 14.4 Å². The predicted molar refractivity (Wildman–Crippen MR) is 155 cm³/mol. The molecule has 1 aromatic heterocycles. The molecule has 0 amide bonds. The van der Waals surface area contributed by atoms with E-state index in [4.69, 9.17) is 9.47 Å². The fourth-order valence-electron chi connectivity index (χ4n) is 6.02. The highest BCUT2D eigenvalue weighted by molar-refractivity contribution is 7.89. The summed E-state index contributed by atoms with van der Waals surface area (Å²) in [6.45, 7) is 9.01. The lowest BCUT2D eigenvalue weighted by atomic mass is 9.86. The zero-order chi connectivity index (χ0) is 28.3. The fourth-order valence-corrected chi connectivity index (χ4v) is 7.58. The van der Waals surface area contributed by atoms with Crippen LogP contribution in [0, 0.1) is 19.3 Å². The van der Waals surface area contributed by atoms with Crippen LogP contribution in [0.4, 0.5) is 5.82 Å². The van der Waals surface area contributed by atoms with E-state index in [1.54, 1.807) is 46.3 Å². The van der Waals surface area contributed by atoms with Crippen LogP contribution in [0.1, 0.15) is 29.5 Å².